The second-order valence-corrected chi connectivity index (χ2v) is 5.92. The summed E-state index contributed by atoms with van der Waals surface area (Å²) in [6.45, 7) is 2.11. The molecule has 0 aliphatic heterocycles. The van der Waals surface area contributed by atoms with Gasteiger partial charge in [0.2, 0.25) is 0 Å². The standard InChI is InChI=1S/C14H14OS2/c1-2-11-5-7-12(8-6-11)13(15)10-17-14-4-3-9-16-14/h3-9H,2,10H2,1H3. The highest BCUT2D eigenvalue weighted by molar-refractivity contribution is 8.01. The minimum Gasteiger partial charge on any atom is -0.293 e. The number of hydrogen-bond acceptors (Lipinski definition) is 3. The van der Waals surface area contributed by atoms with Crippen molar-refractivity contribution < 1.29 is 4.79 Å². The van der Waals surface area contributed by atoms with E-state index in [9.17, 15) is 4.79 Å². The maximum absolute atomic E-state index is 11.9. The maximum atomic E-state index is 11.9. The van der Waals surface area contributed by atoms with Crippen molar-refractivity contribution in [3.05, 3.63) is 52.9 Å². The van der Waals surface area contributed by atoms with Crippen molar-refractivity contribution in [2.24, 2.45) is 0 Å². The Morgan fingerprint density at radius 1 is 1.24 bits per heavy atom. The molecule has 0 fully saturated rings. The molecule has 17 heavy (non-hydrogen) atoms. The fourth-order valence-electron chi connectivity index (χ4n) is 1.49. The summed E-state index contributed by atoms with van der Waals surface area (Å²) in [4.78, 5) is 11.9. The molecule has 0 radical (unpaired) electrons. The van der Waals surface area contributed by atoms with Gasteiger partial charge in [-0.15, -0.1) is 23.1 Å². The van der Waals surface area contributed by atoms with Gasteiger partial charge in [0.05, 0.1) is 9.96 Å². The molecule has 0 saturated carbocycles. The molecular formula is C14H14OS2. The number of carbonyl (C=O) groups excluding carboxylic acids is 1. The van der Waals surface area contributed by atoms with Crippen LogP contribution in [0.4, 0.5) is 0 Å². The lowest BCUT2D eigenvalue weighted by atomic mass is 10.1. The SMILES string of the molecule is CCc1ccc(C(=O)CSc2cccs2)cc1. The summed E-state index contributed by atoms with van der Waals surface area (Å²) >= 11 is 3.29. The Morgan fingerprint density at radius 3 is 2.59 bits per heavy atom. The molecule has 0 unspecified atom stereocenters. The summed E-state index contributed by atoms with van der Waals surface area (Å²) in [6.07, 6.45) is 1.01. The number of carbonyl (C=O) groups is 1. The molecule has 1 heterocycles. The van der Waals surface area contributed by atoms with E-state index in [-0.39, 0.29) is 5.78 Å². The molecule has 1 aromatic carbocycles. The van der Waals surface area contributed by atoms with Gasteiger partial charge in [0.15, 0.2) is 5.78 Å². The van der Waals surface area contributed by atoms with Crippen LogP contribution >= 0.6 is 23.1 Å². The molecule has 0 amide bonds. The predicted octanol–water partition coefficient (Wildman–Crippen LogP) is 4.29. The van der Waals surface area contributed by atoms with Crippen molar-refractivity contribution in [2.45, 2.75) is 17.6 Å². The number of rotatable bonds is 5. The number of Topliss-reactive ketones (excluding diaryl/α,β-unsaturated/α-hetero) is 1. The van der Waals surface area contributed by atoms with E-state index < -0.39 is 0 Å². The molecule has 3 heteroatoms. The third-order valence-corrected chi connectivity index (χ3v) is 4.66. The van der Waals surface area contributed by atoms with Crippen LogP contribution in [-0.2, 0) is 6.42 Å². The second kappa shape index (κ2) is 6.03. The third-order valence-electron chi connectivity index (χ3n) is 2.52. The van der Waals surface area contributed by atoms with Crippen molar-refractivity contribution in [3.63, 3.8) is 0 Å². The van der Waals surface area contributed by atoms with Crippen molar-refractivity contribution in [2.75, 3.05) is 5.75 Å². The molecule has 0 saturated heterocycles. The van der Waals surface area contributed by atoms with Crippen LogP contribution in [0.15, 0.2) is 46.0 Å². The van der Waals surface area contributed by atoms with Gasteiger partial charge in [-0.3, -0.25) is 4.79 Å². The largest absolute Gasteiger partial charge is 0.293 e. The van der Waals surface area contributed by atoms with E-state index in [1.54, 1.807) is 23.1 Å². The van der Waals surface area contributed by atoms with E-state index in [0.717, 1.165) is 12.0 Å². The molecule has 0 spiro atoms. The monoisotopic (exact) mass is 262 g/mol. The van der Waals surface area contributed by atoms with Gasteiger partial charge in [0.1, 0.15) is 0 Å². The lowest BCUT2D eigenvalue weighted by Crippen LogP contribution is -2.01. The van der Waals surface area contributed by atoms with Gasteiger partial charge in [0, 0.05) is 5.56 Å². The Morgan fingerprint density at radius 2 is 2.00 bits per heavy atom. The summed E-state index contributed by atoms with van der Waals surface area (Å²) in [5.74, 6) is 0.720. The van der Waals surface area contributed by atoms with E-state index in [1.165, 1.54) is 9.77 Å². The lowest BCUT2D eigenvalue weighted by Gasteiger charge is -2.01. The molecule has 2 aromatic rings. The van der Waals surface area contributed by atoms with Gasteiger partial charge in [-0.1, -0.05) is 37.3 Å². The van der Waals surface area contributed by atoms with Crippen molar-refractivity contribution in [1.82, 2.24) is 0 Å². The number of ketones is 1. The quantitative estimate of drug-likeness (QED) is 0.591. The average molecular weight is 262 g/mol. The van der Waals surface area contributed by atoms with Gasteiger partial charge in [-0.2, -0.15) is 0 Å². The van der Waals surface area contributed by atoms with Gasteiger partial charge in [-0.25, -0.2) is 0 Å². The summed E-state index contributed by atoms with van der Waals surface area (Å²) in [6, 6.07) is 12.0. The van der Waals surface area contributed by atoms with Crippen molar-refractivity contribution >= 4 is 28.9 Å². The number of hydrogen-bond donors (Lipinski definition) is 0. The third kappa shape index (κ3) is 3.45. The molecule has 0 bridgehead atoms. The summed E-state index contributed by atoms with van der Waals surface area (Å²) in [7, 11) is 0. The van der Waals surface area contributed by atoms with Crippen molar-refractivity contribution in [3.8, 4) is 0 Å². The minimum absolute atomic E-state index is 0.200. The Bertz CT molecular complexity index is 471. The first-order valence-corrected chi connectivity index (χ1v) is 7.44. The first-order valence-electron chi connectivity index (χ1n) is 5.58. The van der Waals surface area contributed by atoms with Crippen LogP contribution in [0, 0.1) is 0 Å². The molecule has 0 atom stereocenters. The molecule has 0 aliphatic rings. The molecule has 88 valence electrons. The average Bonchev–Trinajstić information content (AvgIpc) is 2.89. The van der Waals surface area contributed by atoms with Gasteiger partial charge < -0.3 is 0 Å². The molecule has 1 nitrogen and oxygen atoms in total. The molecule has 1 aromatic heterocycles. The van der Waals surface area contributed by atoms with E-state index in [4.69, 9.17) is 0 Å². The zero-order chi connectivity index (χ0) is 12.1. The van der Waals surface area contributed by atoms with Crippen LogP contribution in [-0.4, -0.2) is 11.5 Å². The van der Waals surface area contributed by atoms with E-state index in [2.05, 4.69) is 6.92 Å². The highest BCUT2D eigenvalue weighted by Crippen LogP contribution is 2.24. The maximum Gasteiger partial charge on any atom is 0.173 e. The Labute approximate surface area is 110 Å². The van der Waals surface area contributed by atoms with Crippen LogP contribution in [0.25, 0.3) is 0 Å². The molecule has 0 N–H and O–H groups in total. The molecule has 0 aliphatic carbocycles. The zero-order valence-electron chi connectivity index (χ0n) is 9.68. The second-order valence-electron chi connectivity index (χ2n) is 3.69. The Hall–Kier alpha value is -1.06. The highest BCUT2D eigenvalue weighted by Gasteiger charge is 2.06. The molecule has 2 rings (SSSR count). The number of thioether (sulfide) groups is 1. The summed E-state index contributed by atoms with van der Waals surface area (Å²) in [5.41, 5.74) is 2.08. The number of benzene rings is 1. The predicted molar refractivity (Wildman–Crippen MR) is 75.2 cm³/mol. The lowest BCUT2D eigenvalue weighted by molar-refractivity contribution is 0.102. The van der Waals surface area contributed by atoms with Crippen LogP contribution < -0.4 is 0 Å². The Kier molecular flexibility index (Phi) is 4.40. The number of aryl methyl sites for hydroxylation is 1. The van der Waals surface area contributed by atoms with Crippen LogP contribution in [0.2, 0.25) is 0 Å². The van der Waals surface area contributed by atoms with Gasteiger partial charge in [-0.05, 0) is 23.4 Å². The van der Waals surface area contributed by atoms with Gasteiger partial charge >= 0.3 is 0 Å². The highest BCUT2D eigenvalue weighted by atomic mass is 32.2. The topological polar surface area (TPSA) is 17.1 Å². The summed E-state index contributed by atoms with van der Waals surface area (Å²) in [5, 5.41) is 2.03. The fraction of sp³-hybridized carbons (Fsp3) is 0.214. The van der Waals surface area contributed by atoms with Crippen LogP contribution in [0.1, 0.15) is 22.8 Å². The fourth-order valence-corrected chi connectivity index (χ4v) is 3.17. The van der Waals surface area contributed by atoms with Crippen LogP contribution in [0.5, 0.6) is 0 Å². The Balaban J connectivity index is 1.95. The van der Waals surface area contributed by atoms with Crippen molar-refractivity contribution in [1.29, 1.82) is 0 Å². The first-order chi connectivity index (χ1) is 8.29. The normalized spacial score (nSPS) is 10.4. The van der Waals surface area contributed by atoms with E-state index in [1.807, 2.05) is 41.8 Å². The first kappa shape index (κ1) is 12.4. The smallest absolute Gasteiger partial charge is 0.173 e. The minimum atomic E-state index is 0.200. The summed E-state index contributed by atoms with van der Waals surface area (Å²) < 4.78 is 1.20. The van der Waals surface area contributed by atoms with Gasteiger partial charge in [0.25, 0.3) is 0 Å². The zero-order valence-corrected chi connectivity index (χ0v) is 11.3. The van der Waals surface area contributed by atoms with E-state index in [0.29, 0.717) is 5.75 Å². The molecular weight excluding hydrogens is 248 g/mol. The number of thiophene rings is 1. The van der Waals surface area contributed by atoms with E-state index >= 15 is 0 Å². The van der Waals surface area contributed by atoms with Crippen LogP contribution in [0.3, 0.4) is 0 Å².